The van der Waals surface area contributed by atoms with E-state index >= 15 is 0 Å². The molecule has 1 N–H and O–H groups in total. The topological polar surface area (TPSA) is 18.5 Å². The summed E-state index contributed by atoms with van der Waals surface area (Å²) in [7, 11) is 4.29. The number of nitrogens with zero attached hydrogens (tertiary/aromatic N) is 2. The van der Waals surface area contributed by atoms with Crippen molar-refractivity contribution < 1.29 is 0 Å². The molecule has 0 aromatic carbocycles. The Morgan fingerprint density at radius 3 is 2.47 bits per heavy atom. The van der Waals surface area contributed by atoms with Gasteiger partial charge in [-0.1, -0.05) is 6.92 Å². The van der Waals surface area contributed by atoms with Gasteiger partial charge < -0.3 is 5.32 Å². The first kappa shape index (κ1) is 12.9. The average Bonchev–Trinajstić information content (AvgIpc) is 2.19. The third-order valence-electron chi connectivity index (χ3n) is 3.78. The second kappa shape index (κ2) is 5.28. The van der Waals surface area contributed by atoms with Crippen molar-refractivity contribution in [2.24, 2.45) is 0 Å². The first-order valence-corrected chi connectivity index (χ1v) is 6.10. The van der Waals surface area contributed by atoms with Crippen molar-refractivity contribution in [2.45, 2.75) is 38.8 Å². The van der Waals surface area contributed by atoms with Crippen molar-refractivity contribution in [2.75, 3.05) is 40.3 Å². The quantitative estimate of drug-likeness (QED) is 0.752. The third-order valence-corrected chi connectivity index (χ3v) is 3.78. The van der Waals surface area contributed by atoms with E-state index in [0.29, 0.717) is 11.6 Å². The molecule has 0 aromatic heterocycles. The molecule has 0 saturated carbocycles. The number of piperazine rings is 1. The Kier molecular flexibility index (Phi) is 4.56. The van der Waals surface area contributed by atoms with Gasteiger partial charge in [0.15, 0.2) is 0 Å². The Morgan fingerprint density at radius 1 is 1.33 bits per heavy atom. The summed E-state index contributed by atoms with van der Waals surface area (Å²) in [5.41, 5.74) is 0.324. The number of nitrogens with one attached hydrogen (secondary N) is 1. The predicted molar refractivity (Wildman–Crippen MR) is 66.3 cm³/mol. The normalized spacial score (nSPS) is 25.4. The zero-order chi connectivity index (χ0) is 11.5. The minimum atomic E-state index is 0.324. The molecule has 0 aromatic rings. The van der Waals surface area contributed by atoms with E-state index in [1.54, 1.807) is 0 Å². The average molecular weight is 213 g/mol. The highest BCUT2D eigenvalue weighted by atomic mass is 15.3. The molecule has 3 nitrogen and oxygen atoms in total. The second-order valence-electron chi connectivity index (χ2n) is 5.36. The highest BCUT2D eigenvalue weighted by molar-refractivity contribution is 4.89. The highest BCUT2D eigenvalue weighted by Crippen LogP contribution is 2.18. The molecule has 1 fully saturated rings. The lowest BCUT2D eigenvalue weighted by atomic mass is 9.99. The van der Waals surface area contributed by atoms with Gasteiger partial charge in [0.2, 0.25) is 0 Å². The fourth-order valence-corrected chi connectivity index (χ4v) is 2.23. The van der Waals surface area contributed by atoms with Gasteiger partial charge in [0.25, 0.3) is 0 Å². The first-order valence-electron chi connectivity index (χ1n) is 6.10. The van der Waals surface area contributed by atoms with Gasteiger partial charge in [0, 0.05) is 37.8 Å². The Labute approximate surface area is 94.8 Å². The lowest BCUT2D eigenvalue weighted by molar-refractivity contribution is 0.0354. The molecular formula is C12H27N3. The molecule has 0 bridgehead atoms. The van der Waals surface area contributed by atoms with Crippen LogP contribution >= 0.6 is 0 Å². The van der Waals surface area contributed by atoms with Crippen LogP contribution in [0.15, 0.2) is 0 Å². The van der Waals surface area contributed by atoms with Crippen LogP contribution in [0.25, 0.3) is 0 Å². The molecule has 0 radical (unpaired) electrons. The van der Waals surface area contributed by atoms with Crippen molar-refractivity contribution in [3.05, 3.63) is 0 Å². The van der Waals surface area contributed by atoms with Crippen molar-refractivity contribution in [3.63, 3.8) is 0 Å². The zero-order valence-corrected chi connectivity index (χ0v) is 11.0. The summed E-state index contributed by atoms with van der Waals surface area (Å²) in [6, 6.07) is 0.643. The van der Waals surface area contributed by atoms with Crippen LogP contribution in [0.5, 0.6) is 0 Å². The molecule has 1 unspecified atom stereocenters. The number of rotatable bonds is 4. The summed E-state index contributed by atoms with van der Waals surface area (Å²) in [5, 5.41) is 3.38. The standard InChI is InChI=1S/C12H27N3/c1-6-11(13-4)9-15-8-7-14(5)12(2,3)10-15/h11,13H,6-10H2,1-5H3. The van der Waals surface area contributed by atoms with E-state index < -0.39 is 0 Å². The molecule has 1 rings (SSSR count). The summed E-state index contributed by atoms with van der Waals surface area (Å²) < 4.78 is 0. The van der Waals surface area contributed by atoms with Crippen LogP contribution in [0.2, 0.25) is 0 Å². The van der Waals surface area contributed by atoms with Gasteiger partial charge in [-0.2, -0.15) is 0 Å². The molecule has 1 aliphatic heterocycles. The minimum absolute atomic E-state index is 0.324. The molecule has 90 valence electrons. The maximum Gasteiger partial charge on any atom is 0.0277 e. The van der Waals surface area contributed by atoms with Crippen molar-refractivity contribution >= 4 is 0 Å². The Morgan fingerprint density at radius 2 is 2.00 bits per heavy atom. The van der Waals surface area contributed by atoms with Crippen LogP contribution < -0.4 is 5.32 Å². The van der Waals surface area contributed by atoms with Gasteiger partial charge in [0.05, 0.1) is 0 Å². The first-order chi connectivity index (χ1) is 6.99. The van der Waals surface area contributed by atoms with Crippen LogP contribution in [0.4, 0.5) is 0 Å². The van der Waals surface area contributed by atoms with E-state index in [0.717, 1.165) is 0 Å². The Hall–Kier alpha value is -0.120. The van der Waals surface area contributed by atoms with Gasteiger partial charge in [-0.25, -0.2) is 0 Å². The van der Waals surface area contributed by atoms with E-state index in [9.17, 15) is 0 Å². The number of hydrogen-bond donors (Lipinski definition) is 1. The highest BCUT2D eigenvalue weighted by Gasteiger charge is 2.31. The van der Waals surface area contributed by atoms with Crippen LogP contribution in [0, 0.1) is 0 Å². The molecule has 3 heteroatoms. The molecule has 15 heavy (non-hydrogen) atoms. The van der Waals surface area contributed by atoms with E-state index in [1.165, 1.54) is 32.6 Å². The fourth-order valence-electron chi connectivity index (χ4n) is 2.23. The summed E-state index contributed by atoms with van der Waals surface area (Å²) >= 11 is 0. The van der Waals surface area contributed by atoms with Gasteiger partial charge in [-0.3, -0.25) is 9.80 Å². The van der Waals surface area contributed by atoms with Crippen molar-refractivity contribution in [1.29, 1.82) is 0 Å². The molecule has 0 spiro atoms. The molecule has 0 amide bonds. The summed E-state index contributed by atoms with van der Waals surface area (Å²) in [6.45, 7) is 11.7. The van der Waals surface area contributed by atoms with E-state index in [-0.39, 0.29) is 0 Å². The SMILES string of the molecule is CCC(CN1CCN(C)C(C)(C)C1)NC. The van der Waals surface area contributed by atoms with Crippen LogP contribution in [0.3, 0.4) is 0 Å². The monoisotopic (exact) mass is 213 g/mol. The van der Waals surface area contributed by atoms with Gasteiger partial charge in [0.1, 0.15) is 0 Å². The number of likely N-dealkylation sites (N-methyl/N-ethyl adjacent to an activating group) is 2. The second-order valence-corrected chi connectivity index (χ2v) is 5.36. The molecular weight excluding hydrogens is 186 g/mol. The Bertz CT molecular complexity index is 187. The lowest BCUT2D eigenvalue weighted by Gasteiger charge is -2.46. The largest absolute Gasteiger partial charge is 0.316 e. The fraction of sp³-hybridized carbons (Fsp3) is 1.00. The number of hydrogen-bond acceptors (Lipinski definition) is 3. The van der Waals surface area contributed by atoms with Gasteiger partial charge in [-0.15, -0.1) is 0 Å². The summed E-state index contributed by atoms with van der Waals surface area (Å²) in [5.74, 6) is 0. The van der Waals surface area contributed by atoms with Crippen LogP contribution in [-0.2, 0) is 0 Å². The van der Waals surface area contributed by atoms with Crippen LogP contribution in [-0.4, -0.2) is 61.7 Å². The smallest absolute Gasteiger partial charge is 0.0277 e. The predicted octanol–water partition coefficient (Wildman–Crippen LogP) is 1.01. The molecule has 0 aliphatic carbocycles. The maximum atomic E-state index is 3.38. The van der Waals surface area contributed by atoms with Gasteiger partial charge in [-0.05, 0) is 34.4 Å². The van der Waals surface area contributed by atoms with Crippen LogP contribution in [0.1, 0.15) is 27.2 Å². The zero-order valence-electron chi connectivity index (χ0n) is 11.0. The third kappa shape index (κ3) is 3.44. The Balaban J connectivity index is 2.45. The molecule has 1 heterocycles. The minimum Gasteiger partial charge on any atom is -0.316 e. The van der Waals surface area contributed by atoms with E-state index in [4.69, 9.17) is 0 Å². The summed E-state index contributed by atoms with van der Waals surface area (Å²) in [4.78, 5) is 5.05. The molecule has 1 atom stereocenters. The molecule has 1 aliphatic rings. The molecule has 1 saturated heterocycles. The maximum absolute atomic E-state index is 3.38. The lowest BCUT2D eigenvalue weighted by Crippen LogP contribution is -2.59. The summed E-state index contributed by atoms with van der Waals surface area (Å²) in [6.07, 6.45) is 1.21. The van der Waals surface area contributed by atoms with E-state index in [2.05, 4.69) is 50.0 Å². The van der Waals surface area contributed by atoms with Crippen molar-refractivity contribution in [3.8, 4) is 0 Å². The van der Waals surface area contributed by atoms with Crippen molar-refractivity contribution in [1.82, 2.24) is 15.1 Å². The van der Waals surface area contributed by atoms with Gasteiger partial charge >= 0.3 is 0 Å². The van der Waals surface area contributed by atoms with E-state index in [1.807, 2.05) is 0 Å².